The SMILES string of the molecule is O=S(=O)(NCC1CCC(O)C1)c1cccs1. The topological polar surface area (TPSA) is 66.4 Å². The Kier molecular flexibility index (Phi) is 3.63. The molecule has 1 saturated carbocycles. The van der Waals surface area contributed by atoms with E-state index >= 15 is 0 Å². The standard InChI is InChI=1S/C10H15NO3S2/c12-9-4-3-8(6-9)7-11-16(13,14)10-2-1-5-15-10/h1-2,5,8-9,11-12H,3-4,6-7H2. The van der Waals surface area contributed by atoms with Crippen LogP contribution >= 0.6 is 11.3 Å². The van der Waals surface area contributed by atoms with E-state index < -0.39 is 10.0 Å². The van der Waals surface area contributed by atoms with Crippen LogP contribution in [0, 0.1) is 5.92 Å². The zero-order valence-corrected chi connectivity index (χ0v) is 10.4. The average molecular weight is 261 g/mol. The Bertz CT molecular complexity index is 427. The van der Waals surface area contributed by atoms with Crippen molar-refractivity contribution in [2.24, 2.45) is 5.92 Å². The Hall–Kier alpha value is -0.430. The Morgan fingerprint density at radius 1 is 1.50 bits per heavy atom. The van der Waals surface area contributed by atoms with Crippen molar-refractivity contribution < 1.29 is 13.5 Å². The summed E-state index contributed by atoms with van der Waals surface area (Å²) in [5, 5.41) is 11.1. The van der Waals surface area contributed by atoms with Gasteiger partial charge in [0.15, 0.2) is 0 Å². The van der Waals surface area contributed by atoms with E-state index in [-0.39, 0.29) is 12.0 Å². The highest BCUT2D eigenvalue weighted by Gasteiger charge is 2.24. The molecule has 0 saturated heterocycles. The molecule has 6 heteroatoms. The maximum Gasteiger partial charge on any atom is 0.250 e. The lowest BCUT2D eigenvalue weighted by Gasteiger charge is -2.10. The highest BCUT2D eigenvalue weighted by molar-refractivity contribution is 7.91. The van der Waals surface area contributed by atoms with Crippen molar-refractivity contribution in [1.29, 1.82) is 0 Å². The third kappa shape index (κ3) is 2.82. The molecule has 1 fully saturated rings. The summed E-state index contributed by atoms with van der Waals surface area (Å²) in [6.07, 6.45) is 2.13. The number of thiophene rings is 1. The Balaban J connectivity index is 1.91. The first-order valence-electron chi connectivity index (χ1n) is 5.29. The predicted molar refractivity (Wildman–Crippen MR) is 62.9 cm³/mol. The maximum atomic E-state index is 11.8. The fraction of sp³-hybridized carbons (Fsp3) is 0.600. The van der Waals surface area contributed by atoms with E-state index in [1.807, 2.05) is 0 Å². The molecule has 0 bridgehead atoms. The van der Waals surface area contributed by atoms with E-state index in [1.165, 1.54) is 11.3 Å². The quantitative estimate of drug-likeness (QED) is 0.855. The minimum Gasteiger partial charge on any atom is -0.393 e. The average Bonchev–Trinajstić information content (AvgIpc) is 2.85. The largest absolute Gasteiger partial charge is 0.393 e. The molecule has 0 aliphatic heterocycles. The van der Waals surface area contributed by atoms with E-state index in [0.717, 1.165) is 12.8 Å². The summed E-state index contributed by atoms with van der Waals surface area (Å²) < 4.78 is 26.5. The number of sulfonamides is 1. The Morgan fingerprint density at radius 3 is 2.88 bits per heavy atom. The molecule has 1 aromatic rings. The van der Waals surface area contributed by atoms with Crippen molar-refractivity contribution in [2.75, 3.05) is 6.54 Å². The molecule has 4 nitrogen and oxygen atoms in total. The van der Waals surface area contributed by atoms with Crippen LogP contribution in [0.3, 0.4) is 0 Å². The summed E-state index contributed by atoms with van der Waals surface area (Å²) in [6.45, 7) is 0.428. The van der Waals surface area contributed by atoms with Gasteiger partial charge in [0.05, 0.1) is 6.10 Å². The predicted octanol–water partition coefficient (Wildman–Crippen LogP) is 1.19. The zero-order valence-electron chi connectivity index (χ0n) is 8.80. The Labute approximate surface area is 99.4 Å². The molecule has 1 aliphatic carbocycles. The molecule has 0 amide bonds. The van der Waals surface area contributed by atoms with Gasteiger partial charge in [0.25, 0.3) is 0 Å². The van der Waals surface area contributed by atoms with Gasteiger partial charge in [-0.05, 0) is 36.6 Å². The van der Waals surface area contributed by atoms with Crippen LogP contribution in [0.1, 0.15) is 19.3 Å². The summed E-state index contributed by atoms with van der Waals surface area (Å²) in [6, 6.07) is 3.31. The summed E-state index contributed by atoms with van der Waals surface area (Å²) in [7, 11) is -3.34. The molecular formula is C10H15NO3S2. The first kappa shape index (κ1) is 12.0. The van der Waals surface area contributed by atoms with Crippen LogP contribution in [0.5, 0.6) is 0 Å². The van der Waals surface area contributed by atoms with Gasteiger partial charge in [-0.1, -0.05) is 6.07 Å². The molecule has 1 aromatic heterocycles. The fourth-order valence-corrected chi connectivity index (χ4v) is 4.10. The summed E-state index contributed by atoms with van der Waals surface area (Å²) in [5.74, 6) is 0.268. The second-order valence-corrected chi connectivity index (χ2v) is 7.06. The van der Waals surface area contributed by atoms with Crippen LogP contribution in [0.2, 0.25) is 0 Å². The van der Waals surface area contributed by atoms with E-state index in [1.54, 1.807) is 17.5 Å². The highest BCUT2D eigenvalue weighted by atomic mass is 32.2. The summed E-state index contributed by atoms with van der Waals surface area (Å²) >= 11 is 1.21. The first-order chi connectivity index (χ1) is 7.58. The summed E-state index contributed by atoms with van der Waals surface area (Å²) in [4.78, 5) is 0. The second kappa shape index (κ2) is 4.83. The monoisotopic (exact) mass is 261 g/mol. The minimum absolute atomic E-state index is 0.253. The lowest BCUT2D eigenvalue weighted by molar-refractivity contribution is 0.178. The van der Waals surface area contributed by atoms with Gasteiger partial charge in [0, 0.05) is 6.54 Å². The number of aliphatic hydroxyl groups excluding tert-OH is 1. The third-order valence-electron chi connectivity index (χ3n) is 2.84. The van der Waals surface area contributed by atoms with Crippen molar-refractivity contribution in [3.8, 4) is 0 Å². The van der Waals surface area contributed by atoms with Crippen molar-refractivity contribution in [3.63, 3.8) is 0 Å². The smallest absolute Gasteiger partial charge is 0.250 e. The van der Waals surface area contributed by atoms with Gasteiger partial charge >= 0.3 is 0 Å². The van der Waals surface area contributed by atoms with Gasteiger partial charge in [-0.15, -0.1) is 11.3 Å². The zero-order chi connectivity index (χ0) is 11.6. The molecule has 2 N–H and O–H groups in total. The van der Waals surface area contributed by atoms with E-state index in [4.69, 9.17) is 0 Å². The highest BCUT2D eigenvalue weighted by Crippen LogP contribution is 2.25. The summed E-state index contributed by atoms with van der Waals surface area (Å²) in [5.41, 5.74) is 0. The van der Waals surface area contributed by atoms with Crippen molar-refractivity contribution in [1.82, 2.24) is 4.72 Å². The van der Waals surface area contributed by atoms with Crippen molar-refractivity contribution in [2.45, 2.75) is 29.6 Å². The molecule has 2 rings (SSSR count). The van der Waals surface area contributed by atoms with Crippen LogP contribution in [-0.2, 0) is 10.0 Å². The van der Waals surface area contributed by atoms with Crippen LogP contribution in [0.15, 0.2) is 21.7 Å². The van der Waals surface area contributed by atoms with Crippen LogP contribution in [-0.4, -0.2) is 26.2 Å². The number of hydrogen-bond donors (Lipinski definition) is 2. The fourth-order valence-electron chi connectivity index (χ4n) is 1.95. The van der Waals surface area contributed by atoms with Gasteiger partial charge in [0.1, 0.15) is 4.21 Å². The Morgan fingerprint density at radius 2 is 2.31 bits per heavy atom. The lowest BCUT2D eigenvalue weighted by atomic mass is 10.1. The molecule has 2 unspecified atom stereocenters. The third-order valence-corrected chi connectivity index (χ3v) is 5.66. The lowest BCUT2D eigenvalue weighted by Crippen LogP contribution is -2.28. The normalized spacial score (nSPS) is 26.1. The molecule has 0 radical (unpaired) electrons. The number of rotatable bonds is 4. The number of nitrogens with one attached hydrogen (secondary N) is 1. The van der Waals surface area contributed by atoms with Gasteiger partial charge in [-0.3, -0.25) is 0 Å². The number of hydrogen-bond acceptors (Lipinski definition) is 4. The second-order valence-electron chi connectivity index (χ2n) is 4.12. The van der Waals surface area contributed by atoms with Gasteiger partial charge < -0.3 is 5.11 Å². The van der Waals surface area contributed by atoms with Crippen molar-refractivity contribution >= 4 is 21.4 Å². The molecule has 2 atom stereocenters. The van der Waals surface area contributed by atoms with Gasteiger partial charge in [0.2, 0.25) is 10.0 Å². The molecule has 0 spiro atoms. The molecule has 16 heavy (non-hydrogen) atoms. The van der Waals surface area contributed by atoms with E-state index in [2.05, 4.69) is 4.72 Å². The van der Waals surface area contributed by atoms with Crippen LogP contribution in [0.4, 0.5) is 0 Å². The van der Waals surface area contributed by atoms with E-state index in [0.29, 0.717) is 17.2 Å². The van der Waals surface area contributed by atoms with Gasteiger partial charge in [-0.2, -0.15) is 0 Å². The van der Waals surface area contributed by atoms with E-state index in [9.17, 15) is 13.5 Å². The van der Waals surface area contributed by atoms with Gasteiger partial charge in [-0.25, -0.2) is 13.1 Å². The molecular weight excluding hydrogens is 246 g/mol. The van der Waals surface area contributed by atoms with Crippen LogP contribution < -0.4 is 4.72 Å². The van der Waals surface area contributed by atoms with Crippen molar-refractivity contribution in [3.05, 3.63) is 17.5 Å². The van der Waals surface area contributed by atoms with Crippen LogP contribution in [0.25, 0.3) is 0 Å². The molecule has 1 heterocycles. The number of aliphatic hydroxyl groups is 1. The molecule has 0 aromatic carbocycles. The maximum absolute atomic E-state index is 11.8. The molecule has 1 aliphatic rings. The first-order valence-corrected chi connectivity index (χ1v) is 7.65. The minimum atomic E-state index is -3.34. The molecule has 90 valence electrons.